The van der Waals surface area contributed by atoms with E-state index in [9.17, 15) is 0 Å². The molecule has 5 rings (SSSR count). The molecule has 1 aliphatic rings. The molecular weight excluding hydrogens is 366 g/mol. The SMILES string of the molecule is N#Cc1ccc(-c2cccn3nc(Nc4cnn(CC5CCCO5)c4)nc23)cc1. The lowest BCUT2D eigenvalue weighted by molar-refractivity contribution is 0.0940. The molecule has 1 aromatic carbocycles. The van der Waals surface area contributed by atoms with Gasteiger partial charge in [-0.2, -0.15) is 15.3 Å². The topological polar surface area (TPSA) is 93.1 Å². The van der Waals surface area contributed by atoms with Gasteiger partial charge in [0.2, 0.25) is 5.95 Å². The van der Waals surface area contributed by atoms with Crippen LogP contribution in [0.1, 0.15) is 18.4 Å². The van der Waals surface area contributed by atoms with E-state index in [4.69, 9.17) is 10.00 Å². The maximum Gasteiger partial charge on any atom is 0.247 e. The Morgan fingerprint density at radius 3 is 2.93 bits per heavy atom. The molecule has 8 nitrogen and oxygen atoms in total. The van der Waals surface area contributed by atoms with Crippen molar-refractivity contribution in [2.45, 2.75) is 25.5 Å². The van der Waals surface area contributed by atoms with Crippen molar-refractivity contribution in [3.63, 3.8) is 0 Å². The van der Waals surface area contributed by atoms with Crippen LogP contribution in [0.5, 0.6) is 0 Å². The van der Waals surface area contributed by atoms with Crippen LogP contribution in [0.3, 0.4) is 0 Å². The third-order valence-corrected chi connectivity index (χ3v) is 4.99. The van der Waals surface area contributed by atoms with Crippen molar-refractivity contribution >= 4 is 17.3 Å². The fourth-order valence-corrected chi connectivity index (χ4v) is 3.56. The second kappa shape index (κ2) is 7.37. The van der Waals surface area contributed by atoms with Gasteiger partial charge < -0.3 is 10.1 Å². The minimum Gasteiger partial charge on any atom is -0.376 e. The molecule has 0 aliphatic carbocycles. The quantitative estimate of drug-likeness (QED) is 0.566. The van der Waals surface area contributed by atoms with E-state index in [0.29, 0.717) is 11.5 Å². The van der Waals surface area contributed by atoms with Crippen LogP contribution in [0, 0.1) is 11.3 Å². The van der Waals surface area contributed by atoms with Crippen LogP contribution in [0.25, 0.3) is 16.8 Å². The smallest absolute Gasteiger partial charge is 0.247 e. The maximum absolute atomic E-state index is 9.00. The van der Waals surface area contributed by atoms with E-state index in [-0.39, 0.29) is 6.10 Å². The summed E-state index contributed by atoms with van der Waals surface area (Å²) in [5.74, 6) is 0.503. The zero-order valence-electron chi connectivity index (χ0n) is 15.7. The summed E-state index contributed by atoms with van der Waals surface area (Å²) in [4.78, 5) is 4.65. The van der Waals surface area contributed by atoms with Gasteiger partial charge in [0.1, 0.15) is 0 Å². The number of benzene rings is 1. The third-order valence-electron chi connectivity index (χ3n) is 4.99. The highest BCUT2D eigenvalue weighted by molar-refractivity contribution is 5.78. The van der Waals surface area contributed by atoms with Crippen molar-refractivity contribution in [3.05, 3.63) is 60.6 Å². The van der Waals surface area contributed by atoms with Crippen LogP contribution in [0.4, 0.5) is 11.6 Å². The Balaban J connectivity index is 1.39. The Bertz CT molecular complexity index is 1180. The molecule has 1 saturated heterocycles. The lowest BCUT2D eigenvalue weighted by Crippen LogP contribution is -2.15. The van der Waals surface area contributed by atoms with Gasteiger partial charge in [-0.3, -0.25) is 4.68 Å². The van der Waals surface area contributed by atoms with Gasteiger partial charge in [-0.1, -0.05) is 12.1 Å². The van der Waals surface area contributed by atoms with E-state index < -0.39 is 0 Å². The summed E-state index contributed by atoms with van der Waals surface area (Å²) in [6.07, 6.45) is 8.00. The first-order valence-corrected chi connectivity index (χ1v) is 9.55. The Kier molecular flexibility index (Phi) is 4.42. The predicted octanol–water partition coefficient (Wildman–Crippen LogP) is 3.39. The van der Waals surface area contributed by atoms with E-state index in [1.807, 2.05) is 41.3 Å². The number of hydrogen-bond donors (Lipinski definition) is 1. The van der Waals surface area contributed by atoms with E-state index in [2.05, 4.69) is 26.6 Å². The number of anilines is 2. The fourth-order valence-electron chi connectivity index (χ4n) is 3.56. The summed E-state index contributed by atoms with van der Waals surface area (Å²) in [6.45, 7) is 1.59. The average Bonchev–Trinajstić information content (AvgIpc) is 3.49. The van der Waals surface area contributed by atoms with Crippen molar-refractivity contribution in [2.24, 2.45) is 0 Å². The number of fused-ring (bicyclic) bond motifs is 1. The van der Waals surface area contributed by atoms with Gasteiger partial charge in [0.15, 0.2) is 5.65 Å². The molecule has 29 heavy (non-hydrogen) atoms. The normalized spacial score (nSPS) is 16.2. The summed E-state index contributed by atoms with van der Waals surface area (Å²) in [5.41, 5.74) is 4.14. The predicted molar refractivity (Wildman–Crippen MR) is 108 cm³/mol. The molecule has 1 unspecified atom stereocenters. The fraction of sp³-hybridized carbons (Fsp3) is 0.238. The second-order valence-electron chi connectivity index (χ2n) is 7.03. The summed E-state index contributed by atoms with van der Waals surface area (Å²) >= 11 is 0. The third kappa shape index (κ3) is 3.56. The number of rotatable bonds is 5. The molecule has 0 amide bonds. The standard InChI is InChI=1S/C21H19N7O/c22-11-15-5-7-16(8-6-15)19-4-1-9-28-20(19)25-21(26-28)24-17-12-23-27(13-17)14-18-3-2-10-29-18/h1,4-9,12-13,18H,2-3,10,14H2,(H,24,26). The van der Waals surface area contributed by atoms with E-state index >= 15 is 0 Å². The van der Waals surface area contributed by atoms with Gasteiger partial charge >= 0.3 is 0 Å². The molecule has 0 radical (unpaired) electrons. The zero-order chi connectivity index (χ0) is 19.6. The molecular formula is C21H19N7O. The van der Waals surface area contributed by atoms with Gasteiger partial charge in [-0.05, 0) is 42.7 Å². The van der Waals surface area contributed by atoms with Crippen molar-refractivity contribution in [3.8, 4) is 17.2 Å². The zero-order valence-corrected chi connectivity index (χ0v) is 15.7. The Labute approximate surface area is 167 Å². The van der Waals surface area contributed by atoms with Crippen molar-refractivity contribution in [2.75, 3.05) is 11.9 Å². The van der Waals surface area contributed by atoms with Crippen LogP contribution in [-0.2, 0) is 11.3 Å². The molecule has 4 aromatic rings. The molecule has 4 heterocycles. The summed E-state index contributed by atoms with van der Waals surface area (Å²) in [7, 11) is 0. The highest BCUT2D eigenvalue weighted by Crippen LogP contribution is 2.25. The van der Waals surface area contributed by atoms with Gasteiger partial charge in [0.05, 0.1) is 36.2 Å². The summed E-state index contributed by atoms with van der Waals surface area (Å²) in [6, 6.07) is 13.5. The molecule has 0 saturated carbocycles. The number of nitrogens with zero attached hydrogens (tertiary/aromatic N) is 6. The summed E-state index contributed by atoms with van der Waals surface area (Å²) < 4.78 is 9.29. The van der Waals surface area contributed by atoms with Gasteiger partial charge in [-0.25, -0.2) is 4.52 Å². The largest absolute Gasteiger partial charge is 0.376 e. The Morgan fingerprint density at radius 2 is 2.14 bits per heavy atom. The minimum absolute atomic E-state index is 0.242. The first kappa shape index (κ1) is 17.4. The second-order valence-corrected chi connectivity index (χ2v) is 7.03. The number of pyridine rings is 1. The summed E-state index contributed by atoms with van der Waals surface area (Å²) in [5, 5.41) is 21.1. The first-order valence-electron chi connectivity index (χ1n) is 9.55. The first-order chi connectivity index (χ1) is 14.3. The van der Waals surface area contributed by atoms with Crippen molar-refractivity contribution < 1.29 is 4.74 Å². The number of hydrogen-bond acceptors (Lipinski definition) is 6. The van der Waals surface area contributed by atoms with Crippen LogP contribution >= 0.6 is 0 Å². The van der Waals surface area contributed by atoms with Crippen LogP contribution in [-0.4, -0.2) is 37.1 Å². The maximum atomic E-state index is 9.00. The molecule has 0 spiro atoms. The molecule has 1 N–H and O–H groups in total. The number of nitriles is 1. The molecule has 144 valence electrons. The average molecular weight is 385 g/mol. The lowest BCUT2D eigenvalue weighted by atomic mass is 10.1. The Morgan fingerprint density at radius 1 is 1.24 bits per heavy atom. The molecule has 1 fully saturated rings. The van der Waals surface area contributed by atoms with E-state index in [1.165, 1.54) is 0 Å². The number of aromatic nitrogens is 5. The molecule has 1 atom stereocenters. The van der Waals surface area contributed by atoms with E-state index in [0.717, 1.165) is 48.5 Å². The highest BCUT2D eigenvalue weighted by Gasteiger charge is 2.17. The van der Waals surface area contributed by atoms with Crippen LogP contribution in [0.15, 0.2) is 55.0 Å². The minimum atomic E-state index is 0.242. The van der Waals surface area contributed by atoms with Crippen molar-refractivity contribution in [1.29, 1.82) is 5.26 Å². The van der Waals surface area contributed by atoms with Crippen LogP contribution < -0.4 is 5.32 Å². The highest BCUT2D eigenvalue weighted by atomic mass is 16.5. The van der Waals surface area contributed by atoms with Gasteiger partial charge in [-0.15, -0.1) is 5.10 Å². The number of nitrogens with one attached hydrogen (secondary N) is 1. The Hall–Kier alpha value is -3.70. The van der Waals surface area contributed by atoms with Gasteiger partial charge in [0.25, 0.3) is 0 Å². The monoisotopic (exact) mass is 385 g/mol. The number of ether oxygens (including phenoxy) is 1. The lowest BCUT2D eigenvalue weighted by Gasteiger charge is -2.08. The molecule has 8 heteroatoms. The molecule has 0 bridgehead atoms. The van der Waals surface area contributed by atoms with Crippen LogP contribution in [0.2, 0.25) is 0 Å². The molecule has 1 aliphatic heterocycles. The van der Waals surface area contributed by atoms with E-state index in [1.54, 1.807) is 22.8 Å². The molecule has 3 aromatic heterocycles. The van der Waals surface area contributed by atoms with Crippen molar-refractivity contribution in [1.82, 2.24) is 24.4 Å². The van der Waals surface area contributed by atoms with Gasteiger partial charge in [0, 0.05) is 24.6 Å².